The van der Waals surface area contributed by atoms with Gasteiger partial charge < -0.3 is 19.2 Å². The van der Waals surface area contributed by atoms with Gasteiger partial charge in [0.1, 0.15) is 24.2 Å². The number of rotatable bonds is 6. The van der Waals surface area contributed by atoms with E-state index >= 15 is 0 Å². The first kappa shape index (κ1) is 12.6. The van der Waals surface area contributed by atoms with Crippen molar-refractivity contribution in [2.24, 2.45) is 0 Å². The Labute approximate surface area is 102 Å². The van der Waals surface area contributed by atoms with Gasteiger partial charge >= 0.3 is 0 Å². The van der Waals surface area contributed by atoms with E-state index in [4.69, 9.17) is 13.9 Å². The van der Waals surface area contributed by atoms with Gasteiger partial charge in [-0.15, -0.1) is 0 Å². The van der Waals surface area contributed by atoms with Crippen LogP contribution in [-0.4, -0.2) is 25.4 Å². The molecule has 0 radical (unpaired) electrons. The number of hydrogen-bond acceptors (Lipinski definition) is 4. The predicted octanol–water partition coefficient (Wildman–Crippen LogP) is 2.00. The van der Waals surface area contributed by atoms with E-state index in [1.165, 1.54) is 5.56 Å². The van der Waals surface area contributed by atoms with Crippen LogP contribution in [0.25, 0.3) is 0 Å². The molecule has 0 amide bonds. The Bertz CT molecular complexity index is 356. The molecule has 0 unspecified atom stereocenters. The first-order chi connectivity index (χ1) is 8.15. The van der Waals surface area contributed by atoms with Crippen LogP contribution < -0.4 is 5.32 Å². The highest BCUT2D eigenvalue weighted by Gasteiger charge is 2.19. The van der Waals surface area contributed by atoms with E-state index in [0.717, 1.165) is 18.1 Å². The second-order valence-corrected chi connectivity index (χ2v) is 4.82. The first-order valence-corrected chi connectivity index (χ1v) is 6.16. The lowest BCUT2D eigenvalue weighted by molar-refractivity contribution is -0.137. The van der Waals surface area contributed by atoms with E-state index in [2.05, 4.69) is 32.2 Å². The largest absolute Gasteiger partial charge is 0.462 e. The fourth-order valence-electron chi connectivity index (χ4n) is 1.64. The summed E-state index contributed by atoms with van der Waals surface area (Å²) in [4.78, 5) is 0. The molecule has 1 saturated heterocycles. The molecule has 0 saturated carbocycles. The molecule has 2 rings (SSSR count). The van der Waals surface area contributed by atoms with E-state index in [-0.39, 0.29) is 6.10 Å². The second-order valence-electron chi connectivity index (χ2n) is 4.82. The number of nitrogens with one attached hydrogen (secondary N) is 1. The molecule has 4 heteroatoms. The smallest absolute Gasteiger partial charge is 0.130 e. The molecule has 0 atom stereocenters. The van der Waals surface area contributed by atoms with E-state index in [1.54, 1.807) is 0 Å². The Morgan fingerprint density at radius 1 is 1.47 bits per heavy atom. The molecule has 0 bridgehead atoms. The van der Waals surface area contributed by atoms with Crippen LogP contribution in [0.2, 0.25) is 0 Å². The highest BCUT2D eigenvalue weighted by molar-refractivity contribution is 5.19. The summed E-state index contributed by atoms with van der Waals surface area (Å²) < 4.78 is 16.4. The highest BCUT2D eigenvalue weighted by atomic mass is 16.6. The molecule has 17 heavy (non-hydrogen) atoms. The van der Waals surface area contributed by atoms with Gasteiger partial charge in [-0.3, -0.25) is 0 Å². The third-order valence-corrected chi connectivity index (χ3v) is 2.81. The van der Waals surface area contributed by atoms with E-state index in [9.17, 15) is 0 Å². The lowest BCUT2D eigenvalue weighted by Crippen LogP contribution is -2.35. The highest BCUT2D eigenvalue weighted by Crippen LogP contribution is 2.17. The fourth-order valence-corrected chi connectivity index (χ4v) is 1.64. The Balaban J connectivity index is 1.83. The van der Waals surface area contributed by atoms with Gasteiger partial charge in [-0.25, -0.2) is 0 Å². The van der Waals surface area contributed by atoms with Gasteiger partial charge in [0.15, 0.2) is 0 Å². The second kappa shape index (κ2) is 5.67. The van der Waals surface area contributed by atoms with Crippen molar-refractivity contribution in [3.8, 4) is 0 Å². The first-order valence-electron chi connectivity index (χ1n) is 6.16. The molecule has 1 aromatic rings. The van der Waals surface area contributed by atoms with Gasteiger partial charge in [0, 0.05) is 6.04 Å². The average Bonchev–Trinajstić information content (AvgIpc) is 2.54. The van der Waals surface area contributed by atoms with Crippen LogP contribution in [0.5, 0.6) is 0 Å². The molecule has 4 nitrogen and oxygen atoms in total. The minimum absolute atomic E-state index is 0.248. The molecule has 2 heterocycles. The predicted molar refractivity (Wildman–Crippen MR) is 64.8 cm³/mol. The van der Waals surface area contributed by atoms with Gasteiger partial charge in [-0.2, -0.15) is 0 Å². The zero-order chi connectivity index (χ0) is 12.3. The number of ether oxygens (including phenoxy) is 2. The van der Waals surface area contributed by atoms with Crippen LogP contribution >= 0.6 is 0 Å². The summed E-state index contributed by atoms with van der Waals surface area (Å²) in [5.41, 5.74) is 1.18. The summed E-state index contributed by atoms with van der Waals surface area (Å²) in [6.45, 7) is 9.05. The zero-order valence-corrected chi connectivity index (χ0v) is 10.8. The molecule has 96 valence electrons. The van der Waals surface area contributed by atoms with Gasteiger partial charge in [0.2, 0.25) is 0 Å². The van der Waals surface area contributed by atoms with Crippen molar-refractivity contribution in [2.45, 2.75) is 46.1 Å². The van der Waals surface area contributed by atoms with E-state index in [0.29, 0.717) is 25.9 Å². The standard InChI is InChI=1S/C13H21NO3/c1-9(2)14-5-13-10(3)4-11(17-13)8-16-12-6-15-7-12/h4,9,12,14H,5-8H2,1-3H3. The number of aryl methyl sites for hydroxylation is 1. The summed E-state index contributed by atoms with van der Waals surface area (Å²) in [5, 5.41) is 3.35. The van der Waals surface area contributed by atoms with Crippen LogP contribution in [0.15, 0.2) is 10.5 Å². The summed E-state index contributed by atoms with van der Waals surface area (Å²) >= 11 is 0. The van der Waals surface area contributed by atoms with Gasteiger partial charge in [-0.05, 0) is 18.6 Å². The van der Waals surface area contributed by atoms with E-state index < -0.39 is 0 Å². The van der Waals surface area contributed by atoms with Crippen LogP contribution in [0.1, 0.15) is 30.9 Å². The molecule has 1 aliphatic rings. The summed E-state index contributed by atoms with van der Waals surface area (Å²) in [6, 6.07) is 2.52. The Hall–Kier alpha value is -0.840. The lowest BCUT2D eigenvalue weighted by Gasteiger charge is -2.25. The van der Waals surface area contributed by atoms with Crippen molar-refractivity contribution in [1.29, 1.82) is 0 Å². The minimum atomic E-state index is 0.248. The van der Waals surface area contributed by atoms with Gasteiger partial charge in [-0.1, -0.05) is 13.8 Å². The molecule has 0 spiro atoms. The molecule has 1 aromatic heterocycles. The maximum absolute atomic E-state index is 5.76. The van der Waals surface area contributed by atoms with Gasteiger partial charge in [0.05, 0.1) is 19.8 Å². The monoisotopic (exact) mass is 239 g/mol. The normalized spacial score (nSPS) is 16.5. The van der Waals surface area contributed by atoms with Crippen molar-refractivity contribution >= 4 is 0 Å². The topological polar surface area (TPSA) is 43.6 Å². The van der Waals surface area contributed by atoms with Crippen molar-refractivity contribution < 1.29 is 13.9 Å². The Morgan fingerprint density at radius 3 is 2.82 bits per heavy atom. The third kappa shape index (κ3) is 3.56. The van der Waals surface area contributed by atoms with Crippen LogP contribution in [0.4, 0.5) is 0 Å². The van der Waals surface area contributed by atoms with Crippen LogP contribution in [0.3, 0.4) is 0 Å². The maximum Gasteiger partial charge on any atom is 0.130 e. The van der Waals surface area contributed by atoms with E-state index in [1.807, 2.05) is 0 Å². The maximum atomic E-state index is 5.76. The average molecular weight is 239 g/mol. The fraction of sp³-hybridized carbons (Fsp3) is 0.692. The SMILES string of the molecule is Cc1cc(COC2COC2)oc1CNC(C)C. The quantitative estimate of drug-likeness (QED) is 0.824. The number of hydrogen-bond donors (Lipinski definition) is 1. The van der Waals surface area contributed by atoms with Crippen molar-refractivity contribution in [3.63, 3.8) is 0 Å². The molecule has 0 aromatic carbocycles. The Kier molecular flexibility index (Phi) is 4.20. The number of furan rings is 1. The van der Waals surface area contributed by atoms with Crippen molar-refractivity contribution in [3.05, 3.63) is 23.2 Å². The molecule has 1 N–H and O–H groups in total. The molecule has 0 aliphatic carbocycles. The molecule has 1 aliphatic heterocycles. The molecular weight excluding hydrogens is 218 g/mol. The summed E-state index contributed by atoms with van der Waals surface area (Å²) in [7, 11) is 0. The third-order valence-electron chi connectivity index (χ3n) is 2.81. The van der Waals surface area contributed by atoms with Crippen molar-refractivity contribution in [1.82, 2.24) is 5.32 Å². The summed E-state index contributed by atoms with van der Waals surface area (Å²) in [5.74, 6) is 1.90. The molecule has 1 fully saturated rings. The van der Waals surface area contributed by atoms with Crippen molar-refractivity contribution in [2.75, 3.05) is 13.2 Å². The molecular formula is C13H21NO3. The van der Waals surface area contributed by atoms with Crippen LogP contribution in [-0.2, 0) is 22.6 Å². The lowest BCUT2D eigenvalue weighted by atomic mass is 10.2. The van der Waals surface area contributed by atoms with Crippen LogP contribution in [0, 0.1) is 6.92 Å². The summed E-state index contributed by atoms with van der Waals surface area (Å²) in [6.07, 6.45) is 0.248. The minimum Gasteiger partial charge on any atom is -0.462 e. The Morgan fingerprint density at radius 2 is 2.24 bits per heavy atom. The van der Waals surface area contributed by atoms with Gasteiger partial charge in [0.25, 0.3) is 0 Å². The zero-order valence-electron chi connectivity index (χ0n) is 10.8.